The van der Waals surface area contributed by atoms with E-state index in [0.717, 1.165) is 5.30 Å². The molecule has 15 heteroatoms. The van der Waals surface area contributed by atoms with Crippen molar-refractivity contribution in [3.63, 3.8) is 0 Å². The molecule has 270 valence electrons. The first-order valence-electron chi connectivity index (χ1n) is 16.2. The molecule has 1 saturated heterocycles. The standard InChI is InChI=1S/C36H39ClN3O8PS2/c1-4-51(46,47)39-20-18-38(19-21-39)34(41)31-17-8-24(2)40(35(31)42)33(26-11-15-29(49)16-12-26)32(25-9-13-28(37)14-10-25)23-50(44,45)30-7-5-6-27(22-30)36(43)48-3/h5-17,22,32-33H,4,18-21,23,49H2,1-3H3/t32-,33+/m1/s1. The number of ether oxygens (including phenoxy) is 1. The Balaban J connectivity index is 1.65. The summed E-state index contributed by atoms with van der Waals surface area (Å²) in [4.78, 5) is 42.2. The number of piperazine rings is 1. The Morgan fingerprint density at radius 2 is 1.51 bits per heavy atom. The maximum Gasteiger partial charge on any atom is 0.337 e. The summed E-state index contributed by atoms with van der Waals surface area (Å²) in [5, 5.41) is 1.30. The van der Waals surface area contributed by atoms with Crippen molar-refractivity contribution in [1.29, 1.82) is 0 Å². The number of pyridine rings is 1. The Kier molecular flexibility index (Phi) is 11.9. The number of benzene rings is 3. The lowest BCUT2D eigenvalue weighted by molar-refractivity contribution is 0.0600. The lowest BCUT2D eigenvalue weighted by Crippen LogP contribution is -2.51. The molecule has 1 aliphatic rings. The van der Waals surface area contributed by atoms with Gasteiger partial charge in [-0.2, -0.15) is 4.31 Å². The highest BCUT2D eigenvalue weighted by Crippen LogP contribution is 2.38. The van der Waals surface area contributed by atoms with Gasteiger partial charge in [-0.05, 0) is 72.7 Å². The lowest BCUT2D eigenvalue weighted by atomic mass is 9.87. The smallest absolute Gasteiger partial charge is 0.337 e. The molecule has 0 N–H and O–H groups in total. The SMILES string of the molecule is CCS(=O)(=O)N1CCN(C(=O)c2ccc(C)n([C@@H](c3ccc(P)cc3)[C@H](CS(=O)(=O)c3cccc(C(=O)OC)c3)c3ccc(Cl)cc3)c2=O)CC1. The number of hydrogen-bond acceptors (Lipinski definition) is 8. The van der Waals surface area contributed by atoms with Gasteiger partial charge in [0.25, 0.3) is 11.5 Å². The van der Waals surface area contributed by atoms with Crippen LogP contribution in [0.3, 0.4) is 0 Å². The van der Waals surface area contributed by atoms with Crippen LogP contribution in [0.15, 0.2) is 94.6 Å². The number of carbonyl (C=O) groups excluding carboxylic acids is 2. The van der Waals surface area contributed by atoms with Crippen molar-refractivity contribution < 1.29 is 31.2 Å². The predicted molar refractivity (Wildman–Crippen MR) is 200 cm³/mol. The summed E-state index contributed by atoms with van der Waals surface area (Å²) >= 11 is 6.26. The van der Waals surface area contributed by atoms with Crippen LogP contribution in [0.2, 0.25) is 5.02 Å². The summed E-state index contributed by atoms with van der Waals surface area (Å²) in [5.74, 6) is -2.66. The second kappa shape index (κ2) is 15.8. The Labute approximate surface area is 305 Å². The molecule has 1 aliphatic heterocycles. The van der Waals surface area contributed by atoms with Crippen molar-refractivity contribution in [2.75, 3.05) is 44.8 Å². The Morgan fingerprint density at radius 3 is 2.12 bits per heavy atom. The van der Waals surface area contributed by atoms with E-state index < -0.39 is 55.0 Å². The molecule has 5 rings (SSSR count). The fourth-order valence-electron chi connectivity index (χ4n) is 6.28. The average molecular weight is 772 g/mol. The molecule has 0 saturated carbocycles. The number of halogens is 1. The molecule has 3 atom stereocenters. The maximum absolute atomic E-state index is 14.6. The lowest BCUT2D eigenvalue weighted by Gasteiger charge is -2.34. The third-order valence-corrected chi connectivity index (χ3v) is 13.4. The number of aryl methyl sites for hydroxylation is 1. The molecular formula is C36H39ClN3O8PS2. The quantitative estimate of drug-likeness (QED) is 0.165. The van der Waals surface area contributed by atoms with Gasteiger partial charge in [0, 0.05) is 42.8 Å². The van der Waals surface area contributed by atoms with Gasteiger partial charge in [0.15, 0.2) is 9.84 Å². The summed E-state index contributed by atoms with van der Waals surface area (Å²) in [6, 6.07) is 21.8. The van der Waals surface area contributed by atoms with Crippen molar-refractivity contribution in [3.05, 3.63) is 128 Å². The molecule has 4 aromatic rings. The van der Waals surface area contributed by atoms with Gasteiger partial charge in [-0.3, -0.25) is 9.59 Å². The highest BCUT2D eigenvalue weighted by atomic mass is 35.5. The van der Waals surface area contributed by atoms with E-state index in [2.05, 4.69) is 9.24 Å². The molecule has 1 fully saturated rings. The first kappa shape index (κ1) is 38.4. The highest BCUT2D eigenvalue weighted by Gasteiger charge is 2.35. The minimum absolute atomic E-state index is 0.0517. The summed E-state index contributed by atoms with van der Waals surface area (Å²) < 4.78 is 61.0. The minimum atomic E-state index is -4.13. The van der Waals surface area contributed by atoms with Gasteiger partial charge < -0.3 is 14.2 Å². The van der Waals surface area contributed by atoms with E-state index in [1.54, 1.807) is 44.2 Å². The van der Waals surface area contributed by atoms with Gasteiger partial charge in [0.2, 0.25) is 10.0 Å². The Morgan fingerprint density at radius 1 is 0.882 bits per heavy atom. The molecule has 51 heavy (non-hydrogen) atoms. The van der Waals surface area contributed by atoms with E-state index in [0.29, 0.717) is 21.8 Å². The van der Waals surface area contributed by atoms with Crippen molar-refractivity contribution in [3.8, 4) is 0 Å². The van der Waals surface area contributed by atoms with Crippen LogP contribution in [-0.4, -0.2) is 87.3 Å². The summed E-state index contributed by atoms with van der Waals surface area (Å²) in [6.45, 7) is 3.72. The van der Waals surface area contributed by atoms with E-state index >= 15 is 0 Å². The van der Waals surface area contributed by atoms with Crippen molar-refractivity contribution in [1.82, 2.24) is 13.8 Å². The highest BCUT2D eigenvalue weighted by molar-refractivity contribution is 7.91. The van der Waals surface area contributed by atoms with Gasteiger partial charge in [-0.15, -0.1) is 9.24 Å². The molecule has 1 unspecified atom stereocenters. The fourth-order valence-corrected chi connectivity index (χ4v) is 9.31. The van der Waals surface area contributed by atoms with Crippen LogP contribution in [0, 0.1) is 6.92 Å². The van der Waals surface area contributed by atoms with Crippen LogP contribution in [0.25, 0.3) is 0 Å². The number of sulfonamides is 1. The molecule has 3 aromatic carbocycles. The van der Waals surface area contributed by atoms with E-state index in [1.165, 1.54) is 51.2 Å². The molecule has 0 aliphatic carbocycles. The first-order valence-corrected chi connectivity index (χ1v) is 20.4. The molecule has 0 bridgehead atoms. The van der Waals surface area contributed by atoms with Gasteiger partial charge in [-0.25, -0.2) is 21.6 Å². The van der Waals surface area contributed by atoms with Crippen molar-refractivity contribution >= 4 is 57.9 Å². The number of methoxy groups -OCH3 is 1. The normalized spacial score (nSPS) is 15.3. The zero-order chi connectivity index (χ0) is 37.1. The van der Waals surface area contributed by atoms with Gasteiger partial charge in [0.05, 0.1) is 35.1 Å². The van der Waals surface area contributed by atoms with Crippen LogP contribution in [0.4, 0.5) is 0 Å². The van der Waals surface area contributed by atoms with Crippen LogP contribution in [0.5, 0.6) is 0 Å². The number of hydrogen-bond donors (Lipinski definition) is 0. The predicted octanol–water partition coefficient (Wildman–Crippen LogP) is 4.05. The Bertz CT molecular complexity index is 2200. The number of rotatable bonds is 11. The first-order chi connectivity index (χ1) is 24.2. The number of esters is 1. The van der Waals surface area contributed by atoms with Crippen molar-refractivity contribution in [2.45, 2.75) is 30.7 Å². The van der Waals surface area contributed by atoms with Crippen LogP contribution in [-0.2, 0) is 24.6 Å². The monoisotopic (exact) mass is 771 g/mol. The van der Waals surface area contributed by atoms with E-state index in [4.69, 9.17) is 16.3 Å². The van der Waals surface area contributed by atoms with E-state index in [-0.39, 0.29) is 48.0 Å². The number of nitrogens with zero attached hydrogens (tertiary/aromatic N) is 3. The summed E-state index contributed by atoms with van der Waals surface area (Å²) in [5.41, 5.74) is 1.01. The molecule has 0 radical (unpaired) electrons. The fraction of sp³-hybridized carbons (Fsp3) is 0.306. The average Bonchev–Trinajstić information content (AvgIpc) is 3.13. The topological polar surface area (TPSA) is 140 Å². The molecule has 2 heterocycles. The van der Waals surface area contributed by atoms with Gasteiger partial charge >= 0.3 is 5.97 Å². The molecule has 11 nitrogen and oxygen atoms in total. The minimum Gasteiger partial charge on any atom is -0.465 e. The number of carbonyl (C=O) groups is 2. The summed E-state index contributed by atoms with van der Waals surface area (Å²) in [7, 11) is -3.75. The second-order valence-corrected chi connectivity index (χ2v) is 17.6. The Hall–Kier alpha value is -3.87. The zero-order valence-electron chi connectivity index (χ0n) is 28.4. The van der Waals surface area contributed by atoms with Crippen molar-refractivity contribution in [2.24, 2.45) is 0 Å². The molecular weight excluding hydrogens is 733 g/mol. The molecule has 1 aromatic heterocycles. The second-order valence-electron chi connectivity index (χ2n) is 12.2. The van der Waals surface area contributed by atoms with E-state index in [1.807, 2.05) is 24.3 Å². The largest absolute Gasteiger partial charge is 0.465 e. The third kappa shape index (κ3) is 8.45. The third-order valence-electron chi connectivity index (χ3n) is 9.08. The van der Waals surface area contributed by atoms with Crippen LogP contribution < -0.4 is 10.9 Å². The molecule has 1 amide bonds. The number of amides is 1. The van der Waals surface area contributed by atoms with Gasteiger partial charge in [0.1, 0.15) is 5.56 Å². The maximum atomic E-state index is 14.6. The zero-order valence-corrected chi connectivity index (χ0v) is 31.9. The van der Waals surface area contributed by atoms with E-state index in [9.17, 15) is 31.2 Å². The number of sulfone groups is 1. The molecule has 0 spiro atoms. The number of aromatic nitrogens is 1. The summed E-state index contributed by atoms with van der Waals surface area (Å²) in [6.07, 6.45) is 0. The van der Waals surface area contributed by atoms with Crippen LogP contribution >= 0.6 is 20.8 Å². The van der Waals surface area contributed by atoms with Crippen LogP contribution in [0.1, 0.15) is 56.4 Å². The van der Waals surface area contributed by atoms with Gasteiger partial charge in [-0.1, -0.05) is 54.1 Å².